The van der Waals surface area contributed by atoms with E-state index in [2.05, 4.69) is 50.7 Å². The molecular weight excluding hydrogens is 349 g/mol. The lowest BCUT2D eigenvalue weighted by molar-refractivity contribution is -0.136. The molecule has 0 fully saturated rings. The monoisotopic (exact) mass is 387 g/mol. The normalized spacial score (nSPS) is 12.0. The largest absolute Gasteiger partial charge is 0.372 e. The minimum absolute atomic E-state index is 0.0232. The van der Waals surface area contributed by atoms with Crippen LogP contribution in [0.2, 0.25) is 38.3 Å². The summed E-state index contributed by atoms with van der Waals surface area (Å²) in [5, 5.41) is 0. The molecule has 0 saturated carbocycles. The van der Waals surface area contributed by atoms with Crippen molar-refractivity contribution in [3.63, 3.8) is 0 Å². The van der Waals surface area contributed by atoms with Gasteiger partial charge in [-0.1, -0.05) is 38.3 Å². The number of carbonyl (C=O) groups is 1. The number of nitrogens with zero attached hydrogens (tertiary/aromatic N) is 1. The van der Waals surface area contributed by atoms with Crippen molar-refractivity contribution in [2.24, 2.45) is 0 Å². The lowest BCUT2D eigenvalue weighted by Gasteiger charge is -2.26. The minimum Gasteiger partial charge on any atom is -0.372 e. The molecule has 25 heavy (non-hydrogen) atoms. The molecule has 0 aliphatic heterocycles. The molecule has 0 saturated heterocycles. The zero-order valence-corrected chi connectivity index (χ0v) is 18.8. The van der Waals surface area contributed by atoms with Gasteiger partial charge in [0.2, 0.25) is 5.91 Å². The van der Waals surface area contributed by atoms with Crippen molar-refractivity contribution in [1.29, 1.82) is 0 Å². The van der Waals surface area contributed by atoms with E-state index >= 15 is 0 Å². The molecule has 0 radical (unpaired) electrons. The molecule has 0 aromatic heterocycles. The van der Waals surface area contributed by atoms with Crippen LogP contribution in [0, 0.1) is 0 Å². The van der Waals surface area contributed by atoms with Gasteiger partial charge in [-0.3, -0.25) is 9.18 Å². The Morgan fingerprint density at radius 1 is 1.00 bits per heavy atom. The first-order valence-electron chi connectivity index (χ1n) is 9.36. The second kappa shape index (κ2) is 12.6. The molecule has 0 bridgehead atoms. The molecule has 0 rings (SSSR count). The Morgan fingerprint density at radius 2 is 1.48 bits per heavy atom. The molecule has 0 heterocycles. The summed E-state index contributed by atoms with van der Waals surface area (Å²) in [6.07, 6.45) is 2.36. The maximum absolute atomic E-state index is 12.4. The molecule has 1 amide bonds. The second-order valence-corrected chi connectivity index (χ2v) is 17.8. The third-order valence-electron chi connectivity index (χ3n) is 4.60. The zero-order valence-electron chi connectivity index (χ0n) is 16.8. The van der Waals surface area contributed by atoms with Crippen LogP contribution in [0.15, 0.2) is 24.6 Å². The molecule has 0 unspecified atom stereocenters. The smallest absolute Gasteiger partial charge is 0.248 e. The highest BCUT2D eigenvalue weighted by Gasteiger charge is 2.20. The minimum atomic E-state index is -1.34. The number of alkyl halides is 1. The first-order valence-corrected chi connectivity index (χ1v) is 15.9. The lowest BCUT2D eigenvalue weighted by Crippen LogP contribution is -2.37. The van der Waals surface area contributed by atoms with Gasteiger partial charge in [0.15, 0.2) is 0 Å². The summed E-state index contributed by atoms with van der Waals surface area (Å²) in [5.74, 6) is 0.0232. The van der Waals surface area contributed by atoms with Gasteiger partial charge in [0.05, 0.1) is 22.8 Å². The third kappa shape index (κ3) is 12.3. The summed E-state index contributed by atoms with van der Waals surface area (Å²) in [6, 6.07) is 2.27. The molecule has 0 aromatic carbocycles. The number of rotatable bonds is 15. The molecular formula is C19H38FNO2Si2. The predicted octanol–water partition coefficient (Wildman–Crippen LogP) is 4.84. The third-order valence-corrected chi connectivity index (χ3v) is 10.1. The summed E-state index contributed by atoms with van der Waals surface area (Å²) >= 11 is 0. The molecule has 6 heteroatoms. The van der Waals surface area contributed by atoms with Crippen LogP contribution in [0.5, 0.6) is 0 Å². The van der Waals surface area contributed by atoms with Gasteiger partial charge in [0, 0.05) is 19.7 Å². The van der Waals surface area contributed by atoms with E-state index in [0.717, 1.165) is 38.0 Å². The molecule has 3 nitrogen and oxygen atoms in total. The van der Waals surface area contributed by atoms with Crippen molar-refractivity contribution in [2.45, 2.75) is 57.5 Å². The van der Waals surface area contributed by atoms with Gasteiger partial charge in [-0.15, -0.1) is 24.6 Å². The van der Waals surface area contributed by atoms with E-state index in [-0.39, 0.29) is 12.5 Å². The zero-order chi connectivity index (χ0) is 19.3. The van der Waals surface area contributed by atoms with Gasteiger partial charge in [-0.05, 0) is 19.3 Å². The Morgan fingerprint density at radius 3 is 1.88 bits per heavy atom. The number of hydrogen-bond donors (Lipinski definition) is 0. The summed E-state index contributed by atoms with van der Waals surface area (Å²) < 4.78 is 17.4. The highest BCUT2D eigenvalue weighted by Crippen LogP contribution is 2.16. The van der Waals surface area contributed by atoms with Crippen molar-refractivity contribution in [3.8, 4) is 0 Å². The Labute approximate surface area is 156 Å². The van der Waals surface area contributed by atoms with Gasteiger partial charge in [-0.25, -0.2) is 0 Å². The first kappa shape index (κ1) is 24.3. The molecule has 0 aromatic rings. The van der Waals surface area contributed by atoms with Gasteiger partial charge >= 0.3 is 0 Å². The van der Waals surface area contributed by atoms with Crippen molar-refractivity contribution in [3.05, 3.63) is 24.6 Å². The molecule has 0 aliphatic rings. The molecule has 0 spiro atoms. The van der Waals surface area contributed by atoms with Crippen LogP contribution >= 0.6 is 0 Å². The van der Waals surface area contributed by atoms with Crippen LogP contribution in [0.1, 0.15) is 19.3 Å². The summed E-state index contributed by atoms with van der Waals surface area (Å²) in [7, 11) is -2.67. The van der Waals surface area contributed by atoms with Crippen LogP contribution in [-0.2, 0) is 9.53 Å². The maximum atomic E-state index is 12.4. The van der Waals surface area contributed by atoms with Crippen molar-refractivity contribution in [1.82, 2.24) is 4.90 Å². The van der Waals surface area contributed by atoms with Crippen LogP contribution in [0.3, 0.4) is 0 Å². The van der Waals surface area contributed by atoms with Gasteiger partial charge in [-0.2, -0.15) is 0 Å². The highest BCUT2D eigenvalue weighted by atomic mass is 28.3. The fourth-order valence-corrected chi connectivity index (χ4v) is 4.97. The Balaban J connectivity index is 4.50. The number of halogens is 1. The topological polar surface area (TPSA) is 29.5 Å². The number of ether oxygens (including phenoxy) is 1. The van der Waals surface area contributed by atoms with E-state index in [4.69, 9.17) is 4.74 Å². The molecule has 146 valence electrons. The summed E-state index contributed by atoms with van der Waals surface area (Å²) in [5.41, 5.74) is 4.22. The quantitative estimate of drug-likeness (QED) is 0.297. The Hall–Kier alpha value is -0.726. The average Bonchev–Trinajstić information content (AvgIpc) is 2.57. The van der Waals surface area contributed by atoms with E-state index in [1.165, 1.54) is 0 Å². The van der Waals surface area contributed by atoms with E-state index < -0.39 is 22.8 Å². The number of carbonyl (C=O) groups excluding carboxylic acids is 1. The Bertz CT molecular complexity index is 388. The van der Waals surface area contributed by atoms with Crippen molar-refractivity contribution < 1.29 is 13.9 Å². The Kier molecular flexibility index (Phi) is 12.2. The molecule has 0 aliphatic carbocycles. The number of amides is 1. The fraction of sp³-hybridized carbons (Fsp3) is 0.737. The van der Waals surface area contributed by atoms with Gasteiger partial charge < -0.3 is 9.64 Å². The number of hydrogen-bond acceptors (Lipinski definition) is 2. The van der Waals surface area contributed by atoms with Crippen LogP contribution < -0.4 is 0 Å². The maximum Gasteiger partial charge on any atom is 0.248 e. The highest BCUT2D eigenvalue weighted by molar-refractivity contribution is 6.82. The van der Waals surface area contributed by atoms with E-state index in [1.807, 2.05) is 4.90 Å². The molecule has 0 N–H and O–H groups in total. The van der Waals surface area contributed by atoms with Crippen LogP contribution in [0.25, 0.3) is 0 Å². The van der Waals surface area contributed by atoms with Crippen molar-refractivity contribution >= 4 is 22.1 Å². The fourth-order valence-electron chi connectivity index (χ4n) is 2.42. The van der Waals surface area contributed by atoms with Gasteiger partial charge in [0.1, 0.15) is 6.61 Å². The molecule has 0 atom stereocenters. The predicted molar refractivity (Wildman–Crippen MR) is 112 cm³/mol. The lowest BCUT2D eigenvalue weighted by atomic mass is 10.3. The van der Waals surface area contributed by atoms with E-state index in [0.29, 0.717) is 13.0 Å². The summed E-state index contributed by atoms with van der Waals surface area (Å²) in [4.78, 5) is 14.4. The van der Waals surface area contributed by atoms with Crippen LogP contribution in [-0.4, -0.2) is 59.9 Å². The average molecular weight is 388 g/mol. The first-order chi connectivity index (χ1) is 11.7. The van der Waals surface area contributed by atoms with Crippen molar-refractivity contribution in [2.75, 3.05) is 33.0 Å². The second-order valence-electron chi connectivity index (χ2n) is 8.07. The SMILES string of the molecule is C=C[Si](C)(C)CCCN(CCC[Si](C)(C)C=C)C(=O)COCCCF. The van der Waals surface area contributed by atoms with Crippen LogP contribution in [0.4, 0.5) is 4.39 Å². The van der Waals surface area contributed by atoms with Gasteiger partial charge in [0.25, 0.3) is 0 Å². The standard InChI is InChI=1S/C19H38FNO2Si2/c1-7-24(3,4)16-10-13-21(14-11-17-25(5,6)8-2)19(22)18-23-15-9-12-20/h7-8H,1-2,9-18H2,3-6H3. The summed E-state index contributed by atoms with van der Waals surface area (Å²) in [6.45, 7) is 18.6. The van der Waals surface area contributed by atoms with E-state index in [9.17, 15) is 9.18 Å². The van der Waals surface area contributed by atoms with E-state index in [1.54, 1.807) is 0 Å².